The van der Waals surface area contributed by atoms with Crippen molar-refractivity contribution < 1.29 is 19.7 Å². The first kappa shape index (κ1) is 21.1. The molecule has 0 spiro atoms. The summed E-state index contributed by atoms with van der Waals surface area (Å²) < 4.78 is 5.98. The molecule has 2 heterocycles. The second-order valence-corrected chi connectivity index (χ2v) is 8.53. The van der Waals surface area contributed by atoms with Crippen LogP contribution in [0.3, 0.4) is 0 Å². The maximum absolute atomic E-state index is 10.7. The highest BCUT2D eigenvalue weighted by atomic mass is 16.5. The summed E-state index contributed by atoms with van der Waals surface area (Å²) in [5.41, 5.74) is 1.20. The number of hydrogen-bond donors (Lipinski definition) is 2. The maximum Gasteiger partial charge on any atom is 0.303 e. The number of allylic oxidation sites excluding steroid dienone is 2. The summed E-state index contributed by atoms with van der Waals surface area (Å²) in [7, 11) is 0. The number of aliphatic carboxylic acids is 1. The van der Waals surface area contributed by atoms with Gasteiger partial charge in [0.05, 0.1) is 18.3 Å². The minimum Gasteiger partial charge on any atom is -0.481 e. The van der Waals surface area contributed by atoms with Crippen LogP contribution in [0.1, 0.15) is 69.8 Å². The third-order valence-electron chi connectivity index (χ3n) is 6.58. The predicted octanol–water partition coefficient (Wildman–Crippen LogP) is 4.93. The summed E-state index contributed by atoms with van der Waals surface area (Å²) >= 11 is 0. The van der Waals surface area contributed by atoms with Gasteiger partial charge in [-0.2, -0.15) is 0 Å². The number of carbonyl (C=O) groups is 1. The van der Waals surface area contributed by atoms with E-state index in [1.165, 1.54) is 12.0 Å². The van der Waals surface area contributed by atoms with Crippen LogP contribution in [0.25, 0.3) is 0 Å². The Kier molecular flexibility index (Phi) is 7.69. The molecule has 1 aromatic rings. The van der Waals surface area contributed by atoms with Gasteiger partial charge in [-0.05, 0) is 55.9 Å². The standard InChI is InChI=1S/C24H34O4/c1-17(18-9-5-4-6-10-18)22(25)14-13-19-15-20-16-23(28-20)21(19)11-7-2-3-8-12-24(26)27/h2,4-7,9-10,17,19-23,25H,3,8,11-16H2,1H3,(H,26,27)/b7-2+. The third kappa shape index (κ3) is 5.68. The Morgan fingerprint density at radius 3 is 2.71 bits per heavy atom. The van der Waals surface area contributed by atoms with Crippen LogP contribution < -0.4 is 0 Å². The fourth-order valence-corrected chi connectivity index (χ4v) is 4.77. The molecule has 154 valence electrons. The first-order chi connectivity index (χ1) is 13.5. The Morgan fingerprint density at radius 1 is 1.25 bits per heavy atom. The number of ether oxygens (including phenoxy) is 1. The number of aliphatic hydroxyl groups is 1. The number of unbranched alkanes of at least 4 members (excludes halogenated alkanes) is 1. The van der Waals surface area contributed by atoms with Crippen LogP contribution in [0.15, 0.2) is 42.5 Å². The summed E-state index contributed by atoms with van der Waals surface area (Å²) in [6.07, 6.45) is 11.8. The van der Waals surface area contributed by atoms with Crippen molar-refractivity contribution in [3.8, 4) is 0 Å². The first-order valence-corrected chi connectivity index (χ1v) is 10.8. The molecule has 1 aromatic carbocycles. The van der Waals surface area contributed by atoms with Crippen LogP contribution in [-0.2, 0) is 9.53 Å². The predicted molar refractivity (Wildman–Crippen MR) is 110 cm³/mol. The number of carboxylic acid groups (broad SMARTS) is 1. The average Bonchev–Trinajstić information content (AvgIpc) is 2.68. The van der Waals surface area contributed by atoms with Crippen molar-refractivity contribution in [2.75, 3.05) is 0 Å². The van der Waals surface area contributed by atoms with Gasteiger partial charge in [-0.3, -0.25) is 4.79 Å². The van der Waals surface area contributed by atoms with Crippen LogP contribution in [-0.4, -0.2) is 34.5 Å². The van der Waals surface area contributed by atoms with Gasteiger partial charge in [-0.15, -0.1) is 0 Å². The third-order valence-corrected chi connectivity index (χ3v) is 6.58. The molecule has 3 aliphatic rings. The zero-order valence-corrected chi connectivity index (χ0v) is 16.9. The molecular formula is C24H34O4. The number of rotatable bonds is 11. The van der Waals surface area contributed by atoms with Gasteiger partial charge in [0.2, 0.25) is 0 Å². The Bertz CT molecular complexity index is 635. The zero-order valence-electron chi connectivity index (χ0n) is 16.9. The Morgan fingerprint density at radius 2 is 2.00 bits per heavy atom. The molecule has 0 aromatic heterocycles. The van der Waals surface area contributed by atoms with E-state index in [1.54, 1.807) is 0 Å². The summed E-state index contributed by atoms with van der Waals surface area (Å²) in [6.45, 7) is 2.11. The van der Waals surface area contributed by atoms with E-state index in [-0.39, 0.29) is 18.4 Å². The number of hydrogen-bond acceptors (Lipinski definition) is 3. The van der Waals surface area contributed by atoms with E-state index in [2.05, 4.69) is 31.2 Å². The van der Waals surface area contributed by atoms with E-state index in [4.69, 9.17) is 9.84 Å². The van der Waals surface area contributed by atoms with Gasteiger partial charge >= 0.3 is 5.97 Å². The summed E-state index contributed by atoms with van der Waals surface area (Å²) in [6, 6.07) is 10.3. The minimum absolute atomic E-state index is 0.156. The van der Waals surface area contributed by atoms with E-state index in [1.807, 2.05) is 18.2 Å². The Balaban J connectivity index is 1.46. The molecule has 1 aliphatic carbocycles. The van der Waals surface area contributed by atoms with E-state index >= 15 is 0 Å². The number of aliphatic hydroxyl groups excluding tert-OH is 1. The highest BCUT2D eigenvalue weighted by Crippen LogP contribution is 2.46. The van der Waals surface area contributed by atoms with Gasteiger partial charge in [0.1, 0.15) is 0 Å². The number of carboxylic acids is 1. The monoisotopic (exact) mass is 386 g/mol. The second-order valence-electron chi connectivity index (χ2n) is 8.53. The van der Waals surface area contributed by atoms with Gasteiger partial charge < -0.3 is 14.9 Å². The van der Waals surface area contributed by atoms with E-state index < -0.39 is 5.97 Å². The topological polar surface area (TPSA) is 66.8 Å². The normalized spacial score (nSPS) is 28.6. The van der Waals surface area contributed by atoms with E-state index in [9.17, 15) is 9.90 Å². The molecule has 2 saturated heterocycles. The van der Waals surface area contributed by atoms with Crippen LogP contribution in [0.2, 0.25) is 0 Å². The second kappa shape index (κ2) is 10.2. The lowest BCUT2D eigenvalue weighted by atomic mass is 9.68. The van der Waals surface area contributed by atoms with Crippen molar-refractivity contribution in [2.24, 2.45) is 11.8 Å². The fraction of sp³-hybridized carbons (Fsp3) is 0.625. The summed E-state index contributed by atoms with van der Waals surface area (Å²) in [4.78, 5) is 10.6. The molecule has 1 saturated carbocycles. The van der Waals surface area contributed by atoms with Crippen LogP contribution in [0.5, 0.6) is 0 Å². The van der Waals surface area contributed by atoms with Crippen LogP contribution in [0, 0.1) is 11.8 Å². The van der Waals surface area contributed by atoms with Crippen LogP contribution >= 0.6 is 0 Å². The first-order valence-electron chi connectivity index (χ1n) is 10.8. The molecule has 3 fully saturated rings. The molecule has 0 amide bonds. The Labute approximate surface area is 168 Å². The van der Waals surface area contributed by atoms with Gasteiger partial charge in [0.15, 0.2) is 0 Å². The maximum atomic E-state index is 10.7. The Hall–Kier alpha value is -1.65. The molecule has 2 N–H and O–H groups in total. The van der Waals surface area contributed by atoms with Gasteiger partial charge in [0, 0.05) is 18.8 Å². The van der Waals surface area contributed by atoms with Crippen LogP contribution in [0.4, 0.5) is 0 Å². The molecular weight excluding hydrogens is 352 g/mol. The molecule has 6 unspecified atom stereocenters. The summed E-state index contributed by atoms with van der Waals surface area (Å²) in [5, 5.41) is 19.4. The van der Waals surface area contributed by atoms with Crippen molar-refractivity contribution in [2.45, 2.75) is 82.5 Å². The average molecular weight is 387 g/mol. The quantitative estimate of drug-likeness (QED) is 0.418. The molecule has 2 bridgehead atoms. The highest BCUT2D eigenvalue weighted by Gasteiger charge is 2.46. The SMILES string of the molecule is CC(c1ccccc1)C(O)CCC1CC2CC(O2)C1C/C=C/CCCC(=O)O. The molecule has 4 nitrogen and oxygen atoms in total. The molecule has 0 radical (unpaired) electrons. The van der Waals surface area contributed by atoms with E-state index in [0.29, 0.717) is 30.5 Å². The van der Waals surface area contributed by atoms with Crippen molar-refractivity contribution in [1.29, 1.82) is 0 Å². The zero-order chi connectivity index (χ0) is 19.9. The molecule has 4 heteroatoms. The number of fused-ring (bicyclic) bond motifs is 2. The highest BCUT2D eigenvalue weighted by molar-refractivity contribution is 5.66. The van der Waals surface area contributed by atoms with Crippen molar-refractivity contribution >= 4 is 5.97 Å². The van der Waals surface area contributed by atoms with E-state index in [0.717, 1.165) is 32.1 Å². The number of benzene rings is 1. The van der Waals surface area contributed by atoms with Crippen molar-refractivity contribution in [3.05, 3.63) is 48.0 Å². The minimum atomic E-state index is -0.724. The molecule has 2 aliphatic heterocycles. The van der Waals surface area contributed by atoms with Crippen molar-refractivity contribution in [1.82, 2.24) is 0 Å². The largest absolute Gasteiger partial charge is 0.481 e. The molecule has 6 atom stereocenters. The fourth-order valence-electron chi connectivity index (χ4n) is 4.77. The lowest BCUT2D eigenvalue weighted by molar-refractivity contribution is -0.206. The van der Waals surface area contributed by atoms with Crippen molar-refractivity contribution in [3.63, 3.8) is 0 Å². The van der Waals surface area contributed by atoms with Gasteiger partial charge in [-0.25, -0.2) is 0 Å². The molecule has 4 rings (SSSR count). The van der Waals surface area contributed by atoms with Gasteiger partial charge in [-0.1, -0.05) is 49.4 Å². The lowest BCUT2D eigenvalue weighted by Gasteiger charge is -2.51. The molecule has 28 heavy (non-hydrogen) atoms. The lowest BCUT2D eigenvalue weighted by Crippen LogP contribution is -2.52. The van der Waals surface area contributed by atoms with Gasteiger partial charge in [0.25, 0.3) is 0 Å². The smallest absolute Gasteiger partial charge is 0.303 e. The summed E-state index contributed by atoms with van der Waals surface area (Å²) in [5.74, 6) is 0.569.